The summed E-state index contributed by atoms with van der Waals surface area (Å²) in [6.07, 6.45) is 1.18. The van der Waals surface area contributed by atoms with E-state index < -0.39 is 11.9 Å². The normalized spacial score (nSPS) is 10.5. The van der Waals surface area contributed by atoms with Gasteiger partial charge in [0.05, 0.1) is 11.1 Å². The Bertz CT molecular complexity index is 1280. The van der Waals surface area contributed by atoms with Crippen LogP contribution in [0, 0.1) is 0 Å². The molecule has 4 aromatic rings. The second kappa shape index (κ2) is 10.6. The average molecular weight is 451 g/mol. The van der Waals surface area contributed by atoms with E-state index in [0.29, 0.717) is 29.7 Å². The highest BCUT2D eigenvalue weighted by Gasteiger charge is 2.25. The van der Waals surface area contributed by atoms with Crippen molar-refractivity contribution in [1.29, 1.82) is 0 Å². The molecule has 0 atom stereocenters. The molecule has 0 N–H and O–H groups in total. The Labute approximate surface area is 199 Å². The number of ether oxygens (including phenoxy) is 2. The molecular formula is C30H26O4. The van der Waals surface area contributed by atoms with Gasteiger partial charge in [0.2, 0.25) is 0 Å². The molecule has 0 aromatic heterocycles. The van der Waals surface area contributed by atoms with Gasteiger partial charge in [0.1, 0.15) is 0 Å². The summed E-state index contributed by atoms with van der Waals surface area (Å²) in [5.74, 6) is -0.419. The largest absolute Gasteiger partial charge is 0.419 e. The Balaban J connectivity index is 1.87. The molecule has 4 heteroatoms. The minimum atomic E-state index is -0.500. The van der Waals surface area contributed by atoms with Crippen molar-refractivity contribution in [3.05, 3.63) is 119 Å². The van der Waals surface area contributed by atoms with Crippen LogP contribution in [0.3, 0.4) is 0 Å². The lowest BCUT2D eigenvalue weighted by atomic mass is 9.93. The minimum Gasteiger partial charge on any atom is -0.419 e. The zero-order chi connectivity index (χ0) is 23.9. The molecule has 4 aromatic carbocycles. The Morgan fingerprint density at radius 2 is 1.09 bits per heavy atom. The molecule has 34 heavy (non-hydrogen) atoms. The van der Waals surface area contributed by atoms with E-state index in [1.165, 1.54) is 0 Å². The Kier molecular flexibility index (Phi) is 7.19. The molecule has 0 radical (unpaired) electrons. The molecule has 0 bridgehead atoms. The number of hydrogen-bond acceptors (Lipinski definition) is 4. The maximum Gasteiger partial charge on any atom is 0.343 e. The third-order valence-electron chi connectivity index (χ3n) is 5.64. The molecule has 0 aliphatic carbocycles. The Morgan fingerprint density at radius 1 is 0.618 bits per heavy atom. The first-order valence-electron chi connectivity index (χ1n) is 11.4. The Hall–Kier alpha value is -4.18. The van der Waals surface area contributed by atoms with E-state index in [9.17, 15) is 9.59 Å². The highest BCUT2D eigenvalue weighted by atomic mass is 16.6. The summed E-state index contributed by atoms with van der Waals surface area (Å²) in [5.41, 5.74) is 4.41. The molecule has 0 saturated carbocycles. The lowest BCUT2D eigenvalue weighted by Gasteiger charge is -2.21. The maximum absolute atomic E-state index is 13.1. The van der Waals surface area contributed by atoms with Gasteiger partial charge in [-0.3, -0.25) is 0 Å². The molecule has 0 unspecified atom stereocenters. The van der Waals surface area contributed by atoms with Crippen LogP contribution in [-0.2, 0) is 12.8 Å². The third-order valence-corrected chi connectivity index (χ3v) is 5.64. The van der Waals surface area contributed by atoms with Crippen LogP contribution in [0.1, 0.15) is 45.7 Å². The monoisotopic (exact) mass is 450 g/mol. The highest BCUT2D eigenvalue weighted by Crippen LogP contribution is 2.43. The van der Waals surface area contributed by atoms with E-state index in [1.54, 1.807) is 48.5 Å². The predicted molar refractivity (Wildman–Crippen MR) is 133 cm³/mol. The third kappa shape index (κ3) is 4.91. The van der Waals surface area contributed by atoms with Gasteiger partial charge in [0, 0.05) is 5.56 Å². The van der Waals surface area contributed by atoms with E-state index in [-0.39, 0.29) is 5.75 Å². The zero-order valence-electron chi connectivity index (χ0n) is 19.3. The van der Waals surface area contributed by atoms with Crippen LogP contribution in [0.4, 0.5) is 0 Å². The molecule has 0 saturated heterocycles. The van der Waals surface area contributed by atoms with Crippen molar-refractivity contribution in [3.8, 4) is 22.6 Å². The fourth-order valence-electron chi connectivity index (χ4n) is 3.89. The summed E-state index contributed by atoms with van der Waals surface area (Å²) in [4.78, 5) is 26.1. The molecule has 4 nitrogen and oxygen atoms in total. The summed E-state index contributed by atoms with van der Waals surface area (Å²) in [6, 6.07) is 29.6. The van der Waals surface area contributed by atoms with Gasteiger partial charge in [-0.05, 0) is 59.9 Å². The molecule has 170 valence electrons. The smallest absolute Gasteiger partial charge is 0.343 e. The van der Waals surface area contributed by atoms with Gasteiger partial charge in [0.15, 0.2) is 11.5 Å². The van der Waals surface area contributed by atoms with Gasteiger partial charge in [0.25, 0.3) is 0 Å². The van der Waals surface area contributed by atoms with E-state index in [1.807, 2.05) is 62.4 Å². The molecule has 0 amide bonds. The summed E-state index contributed by atoms with van der Waals surface area (Å²) < 4.78 is 11.9. The predicted octanol–water partition coefficient (Wildman–Crippen LogP) is 6.92. The fraction of sp³-hybridized carbons (Fsp3) is 0.133. The molecule has 0 heterocycles. The first-order valence-corrected chi connectivity index (χ1v) is 11.4. The topological polar surface area (TPSA) is 52.6 Å². The molecular weight excluding hydrogens is 424 g/mol. The number of benzene rings is 4. The van der Waals surface area contributed by atoms with Crippen molar-refractivity contribution < 1.29 is 19.1 Å². The second-order valence-electron chi connectivity index (χ2n) is 7.80. The van der Waals surface area contributed by atoms with Gasteiger partial charge in [-0.15, -0.1) is 0 Å². The number of rotatable bonds is 7. The van der Waals surface area contributed by atoms with E-state index >= 15 is 0 Å². The first-order chi connectivity index (χ1) is 16.6. The maximum atomic E-state index is 13.1. The molecule has 0 fully saturated rings. The number of carbonyl (C=O) groups is 2. The van der Waals surface area contributed by atoms with Crippen LogP contribution >= 0.6 is 0 Å². The molecule has 4 rings (SSSR count). The van der Waals surface area contributed by atoms with Gasteiger partial charge < -0.3 is 9.47 Å². The first kappa shape index (κ1) is 23.0. The van der Waals surface area contributed by atoms with Crippen LogP contribution < -0.4 is 9.47 Å². The average Bonchev–Trinajstić information content (AvgIpc) is 2.90. The lowest BCUT2D eigenvalue weighted by Crippen LogP contribution is -2.15. The standard InChI is InChI=1S/C30H26O4/c1-3-21-20-26(22-14-8-5-9-15-22)25(4-2)28(34-30(32)24-18-12-7-13-19-24)27(21)33-29(31)23-16-10-6-11-17-23/h5-20H,3-4H2,1-2H3. The van der Waals surface area contributed by atoms with Crippen LogP contribution in [-0.4, -0.2) is 11.9 Å². The fourth-order valence-corrected chi connectivity index (χ4v) is 3.89. The van der Waals surface area contributed by atoms with Crippen LogP contribution in [0.15, 0.2) is 97.1 Å². The van der Waals surface area contributed by atoms with Gasteiger partial charge in [-0.1, -0.05) is 80.6 Å². The molecule has 0 spiro atoms. The number of aryl methyl sites for hydroxylation is 1. The molecule has 0 aliphatic rings. The Morgan fingerprint density at radius 3 is 1.56 bits per heavy atom. The summed E-state index contributed by atoms with van der Waals surface area (Å²) in [6.45, 7) is 3.98. The highest BCUT2D eigenvalue weighted by molar-refractivity contribution is 5.94. The van der Waals surface area contributed by atoms with Crippen molar-refractivity contribution in [3.63, 3.8) is 0 Å². The van der Waals surface area contributed by atoms with Crippen molar-refractivity contribution in [2.75, 3.05) is 0 Å². The van der Waals surface area contributed by atoms with Crippen molar-refractivity contribution >= 4 is 11.9 Å². The lowest BCUT2D eigenvalue weighted by molar-refractivity contribution is 0.0680. The number of hydrogen-bond donors (Lipinski definition) is 0. The SMILES string of the molecule is CCc1cc(-c2ccccc2)c(CC)c(OC(=O)c2ccccc2)c1OC(=O)c1ccccc1. The number of carbonyl (C=O) groups excluding carboxylic acids is 2. The van der Waals surface area contributed by atoms with Crippen molar-refractivity contribution in [2.45, 2.75) is 26.7 Å². The minimum absolute atomic E-state index is 0.289. The second-order valence-corrected chi connectivity index (χ2v) is 7.80. The van der Waals surface area contributed by atoms with Crippen LogP contribution in [0.5, 0.6) is 11.5 Å². The van der Waals surface area contributed by atoms with E-state index in [2.05, 4.69) is 0 Å². The van der Waals surface area contributed by atoms with Gasteiger partial charge in [-0.25, -0.2) is 9.59 Å². The van der Waals surface area contributed by atoms with Crippen molar-refractivity contribution in [2.24, 2.45) is 0 Å². The van der Waals surface area contributed by atoms with E-state index in [4.69, 9.17) is 9.47 Å². The summed E-state index contributed by atoms with van der Waals surface area (Å²) in [7, 11) is 0. The van der Waals surface area contributed by atoms with Crippen molar-refractivity contribution in [1.82, 2.24) is 0 Å². The summed E-state index contributed by atoms with van der Waals surface area (Å²) >= 11 is 0. The zero-order valence-corrected chi connectivity index (χ0v) is 19.3. The number of esters is 2. The molecule has 0 aliphatic heterocycles. The van der Waals surface area contributed by atoms with Crippen LogP contribution in [0.25, 0.3) is 11.1 Å². The quantitative estimate of drug-likeness (QED) is 0.227. The van der Waals surface area contributed by atoms with Gasteiger partial charge in [-0.2, -0.15) is 0 Å². The van der Waals surface area contributed by atoms with E-state index in [0.717, 1.165) is 22.3 Å². The van der Waals surface area contributed by atoms with Crippen LogP contribution in [0.2, 0.25) is 0 Å². The van der Waals surface area contributed by atoms with Gasteiger partial charge >= 0.3 is 11.9 Å². The summed E-state index contributed by atoms with van der Waals surface area (Å²) in [5, 5.41) is 0.